The van der Waals surface area contributed by atoms with E-state index in [-0.39, 0.29) is 18.5 Å². The summed E-state index contributed by atoms with van der Waals surface area (Å²) < 4.78 is 5.66. The number of carbonyl (C=O) groups is 2. The van der Waals surface area contributed by atoms with Crippen molar-refractivity contribution in [1.29, 1.82) is 0 Å². The third-order valence-corrected chi connectivity index (χ3v) is 4.07. The van der Waals surface area contributed by atoms with Gasteiger partial charge in [0.15, 0.2) is 6.61 Å². The molecule has 1 aliphatic heterocycles. The fourth-order valence-electron chi connectivity index (χ4n) is 2.49. The van der Waals surface area contributed by atoms with E-state index in [1.54, 1.807) is 4.90 Å². The maximum atomic E-state index is 11.9. The van der Waals surface area contributed by atoms with E-state index < -0.39 is 0 Å². The highest BCUT2D eigenvalue weighted by atomic mass is 16.5. The molecule has 1 atom stereocenters. The van der Waals surface area contributed by atoms with Gasteiger partial charge in [0, 0.05) is 26.2 Å². The van der Waals surface area contributed by atoms with Gasteiger partial charge in [0.25, 0.3) is 5.91 Å². The number of urea groups is 1. The zero-order chi connectivity index (χ0) is 16.7. The Morgan fingerprint density at radius 3 is 2.91 bits per heavy atom. The molecule has 0 spiro atoms. The molecule has 1 heterocycles. The number of nitrogens with one attached hydrogen (secondary N) is 2. The highest BCUT2D eigenvalue weighted by molar-refractivity contribution is 5.78. The molecule has 6 nitrogen and oxygen atoms in total. The maximum absolute atomic E-state index is 11.9. The Bertz CT molecular complexity index is 548. The zero-order valence-electron chi connectivity index (χ0n) is 13.8. The van der Waals surface area contributed by atoms with E-state index in [9.17, 15) is 9.59 Å². The Morgan fingerprint density at radius 2 is 2.22 bits per heavy atom. The van der Waals surface area contributed by atoms with Gasteiger partial charge in [-0.05, 0) is 24.0 Å². The molecule has 1 saturated heterocycles. The number of carbonyl (C=O) groups excluding carboxylic acids is 2. The molecule has 1 fully saturated rings. The topological polar surface area (TPSA) is 70.7 Å². The number of ether oxygens (including phenoxy) is 1. The second kappa shape index (κ2) is 8.41. The van der Waals surface area contributed by atoms with Crippen LogP contribution in [0.5, 0.6) is 5.75 Å². The van der Waals surface area contributed by atoms with Crippen molar-refractivity contribution in [2.45, 2.75) is 26.2 Å². The molecule has 6 heteroatoms. The minimum atomic E-state index is -0.177. The number of hydrogen-bond acceptors (Lipinski definition) is 3. The van der Waals surface area contributed by atoms with Crippen molar-refractivity contribution >= 4 is 11.9 Å². The molecule has 0 radical (unpaired) electrons. The third kappa shape index (κ3) is 4.87. The fourth-order valence-corrected chi connectivity index (χ4v) is 2.49. The van der Waals surface area contributed by atoms with Crippen LogP contribution >= 0.6 is 0 Å². The van der Waals surface area contributed by atoms with Crippen molar-refractivity contribution in [2.75, 3.05) is 32.8 Å². The highest BCUT2D eigenvalue weighted by Gasteiger charge is 2.18. The van der Waals surface area contributed by atoms with Crippen LogP contribution in [0.4, 0.5) is 4.79 Å². The number of hydrogen-bond donors (Lipinski definition) is 2. The van der Waals surface area contributed by atoms with E-state index in [1.165, 1.54) is 0 Å². The average Bonchev–Trinajstić information content (AvgIpc) is 2.97. The molecule has 1 aromatic carbocycles. The number of rotatable bonds is 8. The van der Waals surface area contributed by atoms with Crippen molar-refractivity contribution in [2.24, 2.45) is 0 Å². The molecule has 2 N–H and O–H groups in total. The molecular formula is C17H25N3O3. The van der Waals surface area contributed by atoms with Crippen LogP contribution in [0, 0.1) is 0 Å². The lowest BCUT2D eigenvalue weighted by Gasteiger charge is -2.16. The normalized spacial score (nSPS) is 15.2. The summed E-state index contributed by atoms with van der Waals surface area (Å²) in [5, 5.41) is 5.50. The molecule has 126 valence electrons. The van der Waals surface area contributed by atoms with Crippen molar-refractivity contribution in [3.8, 4) is 5.75 Å². The molecule has 0 unspecified atom stereocenters. The maximum Gasteiger partial charge on any atom is 0.317 e. The fraction of sp³-hybridized carbons (Fsp3) is 0.529. The third-order valence-electron chi connectivity index (χ3n) is 4.07. The van der Waals surface area contributed by atoms with E-state index in [2.05, 4.69) is 24.5 Å². The van der Waals surface area contributed by atoms with Gasteiger partial charge in [-0.3, -0.25) is 4.79 Å². The van der Waals surface area contributed by atoms with E-state index in [1.807, 2.05) is 24.3 Å². The van der Waals surface area contributed by atoms with Crippen LogP contribution < -0.4 is 15.4 Å². The van der Waals surface area contributed by atoms with Gasteiger partial charge in [0.1, 0.15) is 5.75 Å². The minimum absolute atomic E-state index is 0.0142. The van der Waals surface area contributed by atoms with Crippen molar-refractivity contribution in [3.63, 3.8) is 0 Å². The van der Waals surface area contributed by atoms with E-state index >= 15 is 0 Å². The molecule has 0 bridgehead atoms. The van der Waals surface area contributed by atoms with Crippen LogP contribution in [-0.2, 0) is 4.79 Å². The average molecular weight is 319 g/mol. The van der Waals surface area contributed by atoms with E-state index in [0.717, 1.165) is 17.7 Å². The molecule has 1 aromatic rings. The van der Waals surface area contributed by atoms with Crippen LogP contribution in [0.25, 0.3) is 0 Å². The first kappa shape index (κ1) is 17.1. The smallest absolute Gasteiger partial charge is 0.317 e. The molecular weight excluding hydrogens is 294 g/mol. The van der Waals surface area contributed by atoms with E-state index in [4.69, 9.17) is 4.74 Å². The van der Waals surface area contributed by atoms with E-state index in [0.29, 0.717) is 32.1 Å². The lowest BCUT2D eigenvalue weighted by molar-refractivity contribution is -0.123. The summed E-state index contributed by atoms with van der Waals surface area (Å²) in [5.41, 5.74) is 1.12. The zero-order valence-corrected chi connectivity index (χ0v) is 13.8. The lowest BCUT2D eigenvalue weighted by atomic mass is 9.98. The van der Waals surface area contributed by atoms with Crippen molar-refractivity contribution in [1.82, 2.24) is 15.5 Å². The Hall–Kier alpha value is -2.24. The first-order valence-electron chi connectivity index (χ1n) is 8.13. The predicted octanol–water partition coefficient (Wildman–Crippen LogP) is 1.72. The van der Waals surface area contributed by atoms with Crippen LogP contribution in [0.3, 0.4) is 0 Å². The van der Waals surface area contributed by atoms with Crippen molar-refractivity contribution < 1.29 is 14.3 Å². The summed E-state index contributed by atoms with van der Waals surface area (Å²) in [4.78, 5) is 24.9. The summed E-state index contributed by atoms with van der Waals surface area (Å²) in [5.74, 6) is 0.974. The monoisotopic (exact) mass is 319 g/mol. The highest BCUT2D eigenvalue weighted by Crippen LogP contribution is 2.28. The number of nitrogens with zero attached hydrogens (tertiary/aromatic N) is 1. The second-order valence-corrected chi connectivity index (χ2v) is 5.70. The quantitative estimate of drug-likeness (QED) is 0.766. The molecule has 0 aliphatic carbocycles. The summed E-state index contributed by atoms with van der Waals surface area (Å²) in [6.07, 6.45) is 1.02. The molecule has 0 aromatic heterocycles. The summed E-state index contributed by atoms with van der Waals surface area (Å²) in [6, 6.07) is 7.75. The molecule has 3 amide bonds. The SMILES string of the molecule is CC[C@@H](C)c1ccccc1OCC(=O)NCCN1CCNC1=O. The lowest BCUT2D eigenvalue weighted by Crippen LogP contribution is -2.38. The standard InChI is InChI=1S/C17H25N3O3/c1-3-13(2)14-6-4-5-7-15(14)23-12-16(21)18-8-10-20-11-9-19-17(20)22/h4-7,13H,3,8-12H2,1-2H3,(H,18,21)(H,19,22)/t13-/m1/s1. The summed E-state index contributed by atoms with van der Waals surface area (Å²) >= 11 is 0. The Morgan fingerprint density at radius 1 is 1.43 bits per heavy atom. The van der Waals surface area contributed by atoms with Crippen LogP contribution in [0.2, 0.25) is 0 Å². The molecule has 0 saturated carbocycles. The van der Waals surface area contributed by atoms with Gasteiger partial charge in [0.05, 0.1) is 0 Å². The van der Waals surface area contributed by atoms with Crippen molar-refractivity contribution in [3.05, 3.63) is 29.8 Å². The van der Waals surface area contributed by atoms with Gasteiger partial charge in [-0.1, -0.05) is 32.0 Å². The first-order valence-corrected chi connectivity index (χ1v) is 8.13. The molecule has 23 heavy (non-hydrogen) atoms. The van der Waals surface area contributed by atoms with Gasteiger partial charge in [-0.15, -0.1) is 0 Å². The second-order valence-electron chi connectivity index (χ2n) is 5.70. The molecule has 1 aliphatic rings. The summed E-state index contributed by atoms with van der Waals surface area (Å²) in [7, 11) is 0. The largest absolute Gasteiger partial charge is 0.483 e. The van der Waals surface area contributed by atoms with Gasteiger partial charge < -0.3 is 20.3 Å². The van der Waals surface area contributed by atoms with Crippen LogP contribution in [-0.4, -0.2) is 49.6 Å². The minimum Gasteiger partial charge on any atom is -0.483 e. The molecule has 2 rings (SSSR count). The predicted molar refractivity (Wildman–Crippen MR) is 88.6 cm³/mol. The Labute approximate surface area is 137 Å². The Kier molecular flexibility index (Phi) is 6.26. The van der Waals surface area contributed by atoms with Gasteiger partial charge >= 0.3 is 6.03 Å². The van der Waals surface area contributed by atoms with Gasteiger partial charge in [-0.2, -0.15) is 0 Å². The Balaban J connectivity index is 1.75. The van der Waals surface area contributed by atoms with Gasteiger partial charge in [0.2, 0.25) is 0 Å². The van der Waals surface area contributed by atoms with Crippen LogP contribution in [0.15, 0.2) is 24.3 Å². The van der Waals surface area contributed by atoms with Crippen LogP contribution in [0.1, 0.15) is 31.7 Å². The first-order chi connectivity index (χ1) is 11.1. The number of amides is 3. The van der Waals surface area contributed by atoms with Gasteiger partial charge in [-0.25, -0.2) is 4.79 Å². The number of para-hydroxylation sites is 1. The number of benzene rings is 1. The summed E-state index contributed by atoms with van der Waals surface area (Å²) in [6.45, 7) is 6.56.